The van der Waals surface area contributed by atoms with Crippen LogP contribution in [0.2, 0.25) is 0 Å². The summed E-state index contributed by atoms with van der Waals surface area (Å²) in [7, 11) is 1.55. The first-order valence-electron chi connectivity index (χ1n) is 6.20. The Labute approximate surface area is 129 Å². The fourth-order valence-corrected chi connectivity index (χ4v) is 1.63. The van der Waals surface area contributed by atoms with E-state index in [1.54, 1.807) is 0 Å². The lowest BCUT2D eigenvalue weighted by Crippen LogP contribution is -2.31. The Morgan fingerprint density at radius 3 is 1.43 bits per heavy atom. The van der Waals surface area contributed by atoms with Gasteiger partial charge in [0, 0.05) is 0 Å². The molecular weight excluding hydrogens is 314 g/mol. The molecule has 0 heterocycles. The van der Waals surface area contributed by atoms with E-state index in [1.165, 1.54) is 0 Å². The molecule has 0 unspecified atom stereocenters. The van der Waals surface area contributed by atoms with Gasteiger partial charge in [-0.15, -0.1) is 0 Å². The van der Waals surface area contributed by atoms with Gasteiger partial charge in [0.15, 0.2) is 23.3 Å². The van der Waals surface area contributed by atoms with E-state index in [-0.39, 0.29) is 10.9 Å². The molecular formula is C14H6B2F4O3. The van der Waals surface area contributed by atoms with Crippen molar-refractivity contribution in [3.05, 3.63) is 59.7 Å². The molecule has 0 aliphatic carbocycles. The molecule has 0 aromatic heterocycles. The second-order valence-corrected chi connectivity index (χ2v) is 4.38. The molecule has 2 radical (unpaired) electrons. The predicted octanol–water partition coefficient (Wildman–Crippen LogP) is 1.86. The highest BCUT2D eigenvalue weighted by Crippen LogP contribution is 2.02. The fraction of sp³-hybridized carbons (Fsp3) is 0. The van der Waals surface area contributed by atoms with Crippen molar-refractivity contribution < 1.29 is 31.9 Å². The van der Waals surface area contributed by atoms with Crippen LogP contribution in [0.1, 0.15) is 0 Å². The first kappa shape index (κ1) is 16.8. The molecule has 23 heavy (non-hydrogen) atoms. The standard InChI is InChI=1S/C14H6B2F4O3/c17-9-3-1-7(5-11(9)19)15-13(21)23-14(22)16-8-2-4-10(18)12(20)6-8/h1-6H. The van der Waals surface area contributed by atoms with E-state index >= 15 is 0 Å². The normalized spacial score (nSPS) is 10.1. The Balaban J connectivity index is 1.92. The van der Waals surface area contributed by atoms with Gasteiger partial charge in [-0.25, -0.2) is 17.6 Å². The number of rotatable bonds is 4. The van der Waals surface area contributed by atoms with Crippen LogP contribution in [0.4, 0.5) is 27.2 Å². The summed E-state index contributed by atoms with van der Waals surface area (Å²) in [6.07, 6.45) is 0. The average molecular weight is 320 g/mol. The molecule has 0 N–H and O–H groups in total. The molecule has 0 saturated carbocycles. The van der Waals surface area contributed by atoms with E-state index in [0.717, 1.165) is 51.0 Å². The van der Waals surface area contributed by atoms with Gasteiger partial charge in [-0.2, -0.15) is 0 Å². The van der Waals surface area contributed by atoms with Crippen molar-refractivity contribution in [2.75, 3.05) is 0 Å². The number of ether oxygens (including phenoxy) is 1. The van der Waals surface area contributed by atoms with E-state index in [1.807, 2.05) is 0 Å². The highest BCUT2D eigenvalue weighted by Gasteiger charge is 2.17. The molecule has 2 rings (SSSR count). The summed E-state index contributed by atoms with van der Waals surface area (Å²) >= 11 is 0. The van der Waals surface area contributed by atoms with Crippen molar-refractivity contribution in [1.29, 1.82) is 0 Å². The Hall–Kier alpha value is -2.57. The number of carbonyl (C=O) groups is 2. The maximum atomic E-state index is 13.0. The summed E-state index contributed by atoms with van der Waals surface area (Å²) < 4.78 is 55.8. The van der Waals surface area contributed by atoms with Gasteiger partial charge in [-0.05, 0) is 24.3 Å². The quantitative estimate of drug-likeness (QED) is 0.491. The molecule has 0 atom stereocenters. The van der Waals surface area contributed by atoms with Crippen LogP contribution in [0.3, 0.4) is 0 Å². The van der Waals surface area contributed by atoms with Crippen LogP contribution in [0.25, 0.3) is 0 Å². The minimum atomic E-state index is -1.16. The van der Waals surface area contributed by atoms with Crippen LogP contribution in [-0.4, -0.2) is 26.3 Å². The van der Waals surface area contributed by atoms with Crippen LogP contribution in [0.5, 0.6) is 0 Å². The van der Waals surface area contributed by atoms with Crippen molar-refractivity contribution >= 4 is 37.2 Å². The average Bonchev–Trinajstić information content (AvgIpc) is 2.46. The van der Waals surface area contributed by atoms with E-state index in [9.17, 15) is 27.2 Å². The number of hydrogen-bond donors (Lipinski definition) is 0. The van der Waals surface area contributed by atoms with Gasteiger partial charge >= 0.3 is 0 Å². The van der Waals surface area contributed by atoms with Crippen LogP contribution < -0.4 is 10.9 Å². The fourth-order valence-electron chi connectivity index (χ4n) is 1.63. The van der Waals surface area contributed by atoms with E-state index < -0.39 is 35.0 Å². The summed E-state index contributed by atoms with van der Waals surface area (Å²) in [6.45, 7) is 0. The molecule has 114 valence electrons. The van der Waals surface area contributed by atoms with Gasteiger partial charge in [0.05, 0.1) is 0 Å². The third-order valence-corrected chi connectivity index (χ3v) is 2.66. The first-order chi connectivity index (χ1) is 10.8. The molecule has 0 aliphatic rings. The molecule has 0 amide bonds. The zero-order chi connectivity index (χ0) is 17.0. The summed E-state index contributed by atoms with van der Waals surface area (Å²) in [5, 5.41) is 0. The molecule has 2 aromatic rings. The lowest BCUT2D eigenvalue weighted by molar-refractivity contribution is 0.184. The lowest BCUT2D eigenvalue weighted by atomic mass is 9.68. The first-order valence-corrected chi connectivity index (χ1v) is 6.20. The van der Waals surface area contributed by atoms with Crippen molar-refractivity contribution in [2.24, 2.45) is 0 Å². The Bertz CT molecular complexity index is 704. The van der Waals surface area contributed by atoms with Crippen LogP contribution in [-0.2, 0) is 4.74 Å². The molecule has 2 aromatic carbocycles. The maximum Gasteiger partial charge on any atom is 0.300 e. The van der Waals surface area contributed by atoms with Gasteiger partial charge in [-0.1, -0.05) is 23.1 Å². The minimum absolute atomic E-state index is 0.00507. The second-order valence-electron chi connectivity index (χ2n) is 4.38. The number of carbonyl (C=O) groups excluding carboxylic acids is 2. The van der Waals surface area contributed by atoms with Gasteiger partial charge in [0.25, 0.3) is 26.3 Å². The van der Waals surface area contributed by atoms with Gasteiger partial charge in [-0.3, -0.25) is 9.59 Å². The largest absolute Gasteiger partial charge is 0.411 e. The van der Waals surface area contributed by atoms with Gasteiger partial charge in [0.2, 0.25) is 0 Å². The maximum absolute atomic E-state index is 13.0. The van der Waals surface area contributed by atoms with Crippen molar-refractivity contribution in [1.82, 2.24) is 0 Å². The monoisotopic (exact) mass is 320 g/mol. The van der Waals surface area contributed by atoms with Crippen LogP contribution >= 0.6 is 0 Å². The van der Waals surface area contributed by atoms with Crippen LogP contribution in [0.15, 0.2) is 36.4 Å². The van der Waals surface area contributed by atoms with E-state index in [2.05, 4.69) is 4.74 Å². The Morgan fingerprint density at radius 1 is 0.696 bits per heavy atom. The summed E-state index contributed by atoms with van der Waals surface area (Å²) in [5.41, 5.74) is -0.0101. The second kappa shape index (κ2) is 7.13. The Kier molecular flexibility index (Phi) is 5.20. The molecule has 0 saturated heterocycles. The van der Waals surface area contributed by atoms with Crippen molar-refractivity contribution in [3.63, 3.8) is 0 Å². The molecule has 0 bridgehead atoms. The SMILES string of the molecule is O=C([B]c1ccc(F)c(F)c1)OC(=O)[B]c1ccc(F)c(F)c1. The molecule has 9 heteroatoms. The third kappa shape index (κ3) is 4.70. The highest BCUT2D eigenvalue weighted by molar-refractivity contribution is 6.87. The van der Waals surface area contributed by atoms with Gasteiger partial charge < -0.3 is 4.74 Å². The smallest absolute Gasteiger partial charge is 0.300 e. The minimum Gasteiger partial charge on any atom is -0.411 e. The van der Waals surface area contributed by atoms with Gasteiger partial charge in [0.1, 0.15) is 0 Å². The van der Waals surface area contributed by atoms with Crippen molar-refractivity contribution in [2.45, 2.75) is 0 Å². The van der Waals surface area contributed by atoms with Crippen molar-refractivity contribution in [3.8, 4) is 0 Å². The van der Waals surface area contributed by atoms with Crippen LogP contribution in [0, 0.1) is 23.3 Å². The predicted molar refractivity (Wildman–Crippen MR) is 75.4 cm³/mol. The zero-order valence-electron chi connectivity index (χ0n) is 11.4. The number of halogens is 4. The topological polar surface area (TPSA) is 43.4 Å². The summed E-state index contributed by atoms with van der Waals surface area (Å²) in [4.78, 5) is 22.9. The molecule has 0 aliphatic heterocycles. The summed E-state index contributed by atoms with van der Waals surface area (Å²) in [5.74, 6) is -6.74. The number of hydrogen-bond acceptors (Lipinski definition) is 3. The van der Waals surface area contributed by atoms with E-state index in [0.29, 0.717) is 0 Å². The number of benzene rings is 2. The highest BCUT2D eigenvalue weighted by atomic mass is 19.2. The third-order valence-electron chi connectivity index (χ3n) is 2.66. The zero-order valence-corrected chi connectivity index (χ0v) is 11.4. The molecule has 0 fully saturated rings. The lowest BCUT2D eigenvalue weighted by Gasteiger charge is -2.03. The summed E-state index contributed by atoms with van der Waals surface area (Å²) in [6, 6.07) is 5.35. The Morgan fingerprint density at radius 2 is 1.09 bits per heavy atom. The molecule has 0 spiro atoms. The van der Waals surface area contributed by atoms with E-state index in [4.69, 9.17) is 0 Å². The molecule has 3 nitrogen and oxygen atoms in total.